The Balaban J connectivity index is 1.75. The van der Waals surface area contributed by atoms with E-state index < -0.39 is 0 Å². The third-order valence-corrected chi connectivity index (χ3v) is 5.46. The van der Waals surface area contributed by atoms with Crippen molar-refractivity contribution in [3.05, 3.63) is 89.4 Å². The summed E-state index contributed by atoms with van der Waals surface area (Å²) in [6, 6.07) is 16.5. The lowest BCUT2D eigenvalue weighted by Crippen LogP contribution is -2.29. The Hall–Kier alpha value is -3.93. The van der Waals surface area contributed by atoms with Crippen LogP contribution in [-0.2, 0) is 0 Å². The maximum atomic E-state index is 8.27. The van der Waals surface area contributed by atoms with Gasteiger partial charge in [-0.2, -0.15) is 0 Å². The van der Waals surface area contributed by atoms with Gasteiger partial charge in [0.25, 0.3) is 0 Å². The average molecular weight is 411 g/mol. The van der Waals surface area contributed by atoms with Crippen LogP contribution in [0.25, 0.3) is 11.8 Å². The maximum absolute atomic E-state index is 8.27. The third kappa shape index (κ3) is 3.80. The quantitative estimate of drug-likeness (QED) is 0.493. The van der Waals surface area contributed by atoms with Crippen LogP contribution in [0.15, 0.2) is 67.1 Å². The van der Waals surface area contributed by atoms with Crippen LogP contribution >= 0.6 is 0 Å². The number of nitrogen functional groups attached to an aromatic ring is 1. The highest BCUT2D eigenvalue weighted by molar-refractivity contribution is 6.05. The number of hydrogen-bond donors (Lipinski definition) is 3. The largest absolute Gasteiger partial charge is 0.383 e. The SMILES string of the molecule is C=C1c2c(C)cccc2C=C(CNc2ncnc(N)c2C(=N)CC)N1c1ccccc1. The molecule has 2 heterocycles. The van der Waals surface area contributed by atoms with Crippen LogP contribution < -0.4 is 16.0 Å². The predicted molar refractivity (Wildman–Crippen MR) is 129 cm³/mol. The number of hydrogen-bond acceptors (Lipinski definition) is 6. The van der Waals surface area contributed by atoms with E-state index in [2.05, 4.69) is 70.1 Å². The lowest BCUT2D eigenvalue weighted by atomic mass is 9.94. The van der Waals surface area contributed by atoms with Crippen LogP contribution in [0, 0.1) is 12.3 Å². The zero-order chi connectivity index (χ0) is 22.0. The topological polar surface area (TPSA) is 90.9 Å². The van der Waals surface area contributed by atoms with Crippen molar-refractivity contribution in [1.82, 2.24) is 9.97 Å². The van der Waals surface area contributed by atoms with Gasteiger partial charge in [0.05, 0.1) is 12.1 Å². The number of anilines is 3. The lowest BCUT2D eigenvalue weighted by Gasteiger charge is -2.35. The normalized spacial score (nSPS) is 12.9. The molecule has 0 spiro atoms. The summed E-state index contributed by atoms with van der Waals surface area (Å²) in [7, 11) is 0. The molecule has 0 saturated heterocycles. The number of nitrogens with zero attached hydrogens (tertiary/aromatic N) is 3. The van der Waals surface area contributed by atoms with E-state index in [4.69, 9.17) is 11.1 Å². The molecule has 156 valence electrons. The first-order valence-electron chi connectivity index (χ1n) is 10.3. The molecule has 2 aromatic carbocycles. The molecule has 0 atom stereocenters. The highest BCUT2D eigenvalue weighted by Gasteiger charge is 2.25. The molecule has 6 heteroatoms. The van der Waals surface area contributed by atoms with Crippen LogP contribution in [0.3, 0.4) is 0 Å². The molecule has 4 N–H and O–H groups in total. The summed E-state index contributed by atoms with van der Waals surface area (Å²) in [5.41, 5.74) is 13.5. The van der Waals surface area contributed by atoms with E-state index in [0.717, 1.165) is 28.2 Å². The van der Waals surface area contributed by atoms with Gasteiger partial charge in [0, 0.05) is 28.4 Å². The number of aromatic nitrogens is 2. The van der Waals surface area contributed by atoms with Crippen molar-refractivity contribution < 1.29 is 0 Å². The number of aryl methyl sites for hydroxylation is 1. The Kier molecular flexibility index (Phi) is 5.54. The van der Waals surface area contributed by atoms with E-state index in [0.29, 0.717) is 35.9 Å². The Morgan fingerprint density at radius 3 is 2.65 bits per heavy atom. The van der Waals surface area contributed by atoms with Gasteiger partial charge in [-0.25, -0.2) is 9.97 Å². The van der Waals surface area contributed by atoms with Crippen molar-refractivity contribution in [2.24, 2.45) is 0 Å². The van der Waals surface area contributed by atoms with Crippen LogP contribution in [0.2, 0.25) is 0 Å². The minimum Gasteiger partial charge on any atom is -0.383 e. The fourth-order valence-corrected chi connectivity index (χ4v) is 3.94. The van der Waals surface area contributed by atoms with Gasteiger partial charge >= 0.3 is 0 Å². The Morgan fingerprint density at radius 2 is 1.90 bits per heavy atom. The fourth-order valence-electron chi connectivity index (χ4n) is 3.94. The van der Waals surface area contributed by atoms with Gasteiger partial charge in [-0.3, -0.25) is 0 Å². The molecular formula is C25H26N6. The Bertz CT molecular complexity index is 1180. The summed E-state index contributed by atoms with van der Waals surface area (Å²) >= 11 is 0. The highest BCUT2D eigenvalue weighted by atomic mass is 15.2. The lowest BCUT2D eigenvalue weighted by molar-refractivity contribution is 1.06. The molecular weight excluding hydrogens is 384 g/mol. The van der Waals surface area contributed by atoms with Crippen LogP contribution in [-0.4, -0.2) is 22.2 Å². The van der Waals surface area contributed by atoms with Crippen LogP contribution in [0.5, 0.6) is 0 Å². The minimum atomic E-state index is 0.312. The number of fused-ring (bicyclic) bond motifs is 1. The van der Waals surface area contributed by atoms with Gasteiger partial charge in [0.15, 0.2) is 0 Å². The molecule has 31 heavy (non-hydrogen) atoms. The van der Waals surface area contributed by atoms with E-state index >= 15 is 0 Å². The second-order valence-corrected chi connectivity index (χ2v) is 7.46. The predicted octanol–water partition coefficient (Wildman–Crippen LogP) is 5.09. The first-order valence-corrected chi connectivity index (χ1v) is 10.3. The van der Waals surface area contributed by atoms with E-state index in [1.54, 1.807) is 0 Å². The average Bonchev–Trinajstić information content (AvgIpc) is 2.77. The number of nitrogens with two attached hydrogens (primary N) is 1. The van der Waals surface area contributed by atoms with E-state index in [1.807, 2.05) is 25.1 Å². The zero-order valence-electron chi connectivity index (χ0n) is 17.8. The van der Waals surface area contributed by atoms with Gasteiger partial charge in [-0.05, 0) is 42.7 Å². The molecule has 3 aromatic rings. The smallest absolute Gasteiger partial charge is 0.140 e. The molecule has 6 nitrogen and oxygen atoms in total. The van der Waals surface area contributed by atoms with Gasteiger partial charge in [-0.1, -0.05) is 49.9 Å². The van der Waals surface area contributed by atoms with E-state index in [1.165, 1.54) is 11.9 Å². The first kappa shape index (κ1) is 20.3. The zero-order valence-corrected chi connectivity index (χ0v) is 17.8. The molecule has 1 aromatic heterocycles. The van der Waals surface area contributed by atoms with Crippen molar-refractivity contribution >= 4 is 34.8 Å². The molecule has 0 fully saturated rings. The molecule has 1 aliphatic heterocycles. The van der Waals surface area contributed by atoms with Crippen molar-refractivity contribution in [2.45, 2.75) is 20.3 Å². The number of nitrogens with one attached hydrogen (secondary N) is 2. The second-order valence-electron chi connectivity index (χ2n) is 7.46. The van der Waals surface area contributed by atoms with Crippen LogP contribution in [0.4, 0.5) is 17.3 Å². The van der Waals surface area contributed by atoms with Crippen molar-refractivity contribution in [1.29, 1.82) is 5.41 Å². The summed E-state index contributed by atoms with van der Waals surface area (Å²) in [5, 5.41) is 11.7. The third-order valence-electron chi connectivity index (χ3n) is 5.46. The maximum Gasteiger partial charge on any atom is 0.140 e. The van der Waals surface area contributed by atoms with Crippen molar-refractivity contribution in [3.8, 4) is 0 Å². The number of rotatable bonds is 6. The summed E-state index contributed by atoms with van der Waals surface area (Å²) in [6.45, 7) is 8.94. The monoisotopic (exact) mass is 410 g/mol. The van der Waals surface area contributed by atoms with Gasteiger partial charge in [-0.15, -0.1) is 0 Å². The molecule has 0 unspecified atom stereocenters. The molecule has 0 aliphatic carbocycles. The summed E-state index contributed by atoms with van der Waals surface area (Å²) in [4.78, 5) is 10.6. The Labute approximate surface area is 182 Å². The van der Waals surface area contributed by atoms with Crippen molar-refractivity contribution in [3.63, 3.8) is 0 Å². The van der Waals surface area contributed by atoms with E-state index in [-0.39, 0.29) is 0 Å². The molecule has 0 bridgehead atoms. The Morgan fingerprint density at radius 1 is 1.13 bits per heavy atom. The fraction of sp³-hybridized carbons (Fsp3) is 0.160. The second kappa shape index (κ2) is 8.44. The molecule has 0 amide bonds. The van der Waals surface area contributed by atoms with Gasteiger partial charge in [0.2, 0.25) is 0 Å². The standard InChI is InChI=1S/C25H26N6/c1-4-21(26)23-24(27)29-15-30-25(23)28-14-20-13-18-10-8-9-16(2)22(18)17(3)31(20)19-11-6-5-7-12-19/h5-13,15,26H,3-4,14H2,1-2H3,(H3,27,28,29,30). The minimum absolute atomic E-state index is 0.312. The molecule has 1 aliphatic rings. The van der Waals surface area contributed by atoms with E-state index in [9.17, 15) is 0 Å². The molecule has 4 rings (SSSR count). The van der Waals surface area contributed by atoms with Gasteiger partial charge in [0.1, 0.15) is 18.0 Å². The number of para-hydroxylation sites is 1. The highest BCUT2D eigenvalue weighted by Crippen LogP contribution is 2.38. The molecule has 0 saturated carbocycles. The van der Waals surface area contributed by atoms with Crippen molar-refractivity contribution in [2.75, 3.05) is 22.5 Å². The molecule has 0 radical (unpaired) electrons. The number of benzene rings is 2. The summed E-state index contributed by atoms with van der Waals surface area (Å²) in [6.07, 6.45) is 4.15. The first-order chi connectivity index (χ1) is 15.0. The van der Waals surface area contributed by atoms with Gasteiger partial charge < -0.3 is 21.4 Å². The summed E-state index contributed by atoms with van der Waals surface area (Å²) in [5.74, 6) is 0.876. The summed E-state index contributed by atoms with van der Waals surface area (Å²) < 4.78 is 0. The van der Waals surface area contributed by atoms with Crippen LogP contribution in [0.1, 0.15) is 35.6 Å².